The van der Waals surface area contributed by atoms with Crippen LogP contribution >= 0.6 is 0 Å². The zero-order valence-electron chi connectivity index (χ0n) is 9.51. The maximum atomic E-state index is 11.0. The molecule has 3 nitrogen and oxygen atoms in total. The molecule has 1 heterocycles. The highest BCUT2D eigenvalue weighted by molar-refractivity contribution is 7.87. The quantitative estimate of drug-likeness (QED) is 0.610. The summed E-state index contributed by atoms with van der Waals surface area (Å²) in [6, 6.07) is 0. The third-order valence-corrected chi connectivity index (χ3v) is 2.58. The van der Waals surface area contributed by atoms with E-state index in [1.54, 1.807) is 0 Å². The topological polar surface area (TPSA) is 32.7 Å². The second-order valence-electron chi connectivity index (χ2n) is 3.11. The molecule has 1 aromatic heterocycles. The molecule has 0 atom stereocenters. The van der Waals surface area contributed by atoms with Crippen LogP contribution in [0.3, 0.4) is 0 Å². The van der Waals surface area contributed by atoms with Crippen molar-refractivity contribution in [3.63, 3.8) is 0 Å². The summed E-state index contributed by atoms with van der Waals surface area (Å²) in [5, 5.41) is 0. The average molecular weight is 296 g/mol. The first kappa shape index (κ1) is 16.9. The van der Waals surface area contributed by atoms with Gasteiger partial charge in [-0.3, -0.25) is 4.78 Å². The lowest BCUT2D eigenvalue weighted by Crippen LogP contribution is -2.28. The molecular weight excluding hydrogens is 284 g/mol. The molecule has 0 saturated heterocycles. The smallest absolute Gasteiger partial charge is 0.265 e. The van der Waals surface area contributed by atoms with E-state index in [0.29, 0.717) is 0 Å². The molecule has 0 fully saturated rings. The van der Waals surface area contributed by atoms with Crippen LogP contribution in [0.4, 0.5) is 26.3 Å². The fourth-order valence-corrected chi connectivity index (χ4v) is 1.08. The molecule has 0 unspecified atom stereocenters. The number of hydrogen-bond acceptors (Lipinski definition) is 1. The van der Waals surface area contributed by atoms with Crippen molar-refractivity contribution >= 4 is 10.7 Å². The molecule has 1 rings (SSSR count). The summed E-state index contributed by atoms with van der Waals surface area (Å²) < 4.78 is 76.1. The van der Waals surface area contributed by atoms with E-state index in [0.717, 1.165) is 6.54 Å². The van der Waals surface area contributed by atoms with Crippen molar-refractivity contribution in [2.24, 2.45) is 7.05 Å². The van der Waals surface area contributed by atoms with Gasteiger partial charge in [0.25, 0.3) is 0 Å². The normalized spacial score (nSPS) is 12.3. The van der Waals surface area contributed by atoms with Gasteiger partial charge < -0.3 is 0 Å². The number of aromatic nitrogens is 2. The Labute approximate surface area is 102 Å². The summed E-state index contributed by atoms with van der Waals surface area (Å²) in [7, 11) is -2.23. The van der Waals surface area contributed by atoms with Crippen LogP contribution in [-0.4, -0.2) is 15.6 Å². The largest absolute Gasteiger partial charge is 0.460 e. The van der Waals surface area contributed by atoms with Gasteiger partial charge in [0.05, 0.1) is 13.6 Å². The zero-order chi connectivity index (χ0) is 14.6. The summed E-state index contributed by atoms with van der Waals surface area (Å²) in [5.74, 6) is 0. The van der Waals surface area contributed by atoms with Crippen LogP contribution < -0.4 is 4.57 Å². The molecule has 0 aliphatic heterocycles. The Kier molecular flexibility index (Phi) is 5.84. The van der Waals surface area contributed by atoms with Crippen molar-refractivity contribution in [2.45, 2.75) is 24.5 Å². The predicted molar refractivity (Wildman–Crippen MR) is 53.5 cm³/mol. The molecule has 0 aromatic carbocycles. The number of nitrogens with zero attached hydrogens (tertiary/aromatic N) is 2. The van der Waals surface area contributed by atoms with Gasteiger partial charge in [0, 0.05) is 0 Å². The summed E-state index contributed by atoms with van der Waals surface area (Å²) in [4.78, 5) is 0. The molecule has 0 aliphatic rings. The van der Waals surface area contributed by atoms with Gasteiger partial charge in [-0.25, -0.2) is 9.13 Å². The van der Waals surface area contributed by atoms with Gasteiger partial charge in [-0.15, -0.1) is 0 Å². The minimum absolute atomic E-state index is 1.06. The lowest BCUT2D eigenvalue weighted by molar-refractivity contribution is -0.671. The highest BCUT2D eigenvalue weighted by Gasteiger charge is 2.50. The molecular formula is C8H12F6N3S+. The van der Waals surface area contributed by atoms with Crippen molar-refractivity contribution in [3.8, 4) is 0 Å². The van der Waals surface area contributed by atoms with E-state index in [4.69, 9.17) is 4.78 Å². The summed E-state index contributed by atoms with van der Waals surface area (Å²) in [6.45, 7) is 3.18. The maximum absolute atomic E-state index is 11.0. The monoisotopic (exact) mass is 296 g/mol. The second-order valence-corrected chi connectivity index (χ2v) is 4.65. The number of alkyl halides is 6. The number of nitrogens with one attached hydrogen (secondary N) is 1. The first-order chi connectivity index (χ1) is 7.98. The predicted octanol–water partition coefficient (Wildman–Crippen LogP) is 2.74. The van der Waals surface area contributed by atoms with E-state index in [1.807, 2.05) is 17.8 Å². The lowest BCUT2D eigenvalue weighted by Gasteiger charge is -2.11. The number of hydrogen-bond donors (Lipinski definition) is 1. The van der Waals surface area contributed by atoms with E-state index in [-0.39, 0.29) is 0 Å². The summed E-state index contributed by atoms with van der Waals surface area (Å²) in [5.41, 5.74) is -11.0. The Morgan fingerprint density at radius 3 is 1.72 bits per heavy atom. The van der Waals surface area contributed by atoms with Crippen LogP contribution in [0.1, 0.15) is 6.92 Å². The molecule has 0 aliphatic carbocycles. The molecule has 10 heteroatoms. The fourth-order valence-electron chi connectivity index (χ4n) is 0.820. The number of halogens is 6. The third kappa shape index (κ3) is 6.03. The van der Waals surface area contributed by atoms with Crippen LogP contribution in [0.25, 0.3) is 0 Å². The number of imidazole rings is 1. The Morgan fingerprint density at radius 2 is 1.61 bits per heavy atom. The molecule has 18 heavy (non-hydrogen) atoms. The van der Waals surface area contributed by atoms with E-state index in [9.17, 15) is 26.3 Å². The molecule has 0 bridgehead atoms. The first-order valence-electron chi connectivity index (χ1n) is 4.58. The number of aryl methyl sites for hydroxylation is 2. The van der Waals surface area contributed by atoms with Gasteiger partial charge >= 0.3 is 11.0 Å². The molecule has 1 aromatic rings. The first-order valence-corrected chi connectivity index (χ1v) is 5.81. The Morgan fingerprint density at radius 1 is 1.17 bits per heavy atom. The highest BCUT2D eigenvalue weighted by atomic mass is 32.2. The third-order valence-electron chi connectivity index (χ3n) is 1.65. The van der Waals surface area contributed by atoms with Crippen LogP contribution in [0.15, 0.2) is 18.7 Å². The van der Waals surface area contributed by atoms with E-state index >= 15 is 0 Å². The molecule has 0 saturated carbocycles. The molecule has 0 radical (unpaired) electrons. The second kappa shape index (κ2) is 6.21. The van der Waals surface area contributed by atoms with Gasteiger partial charge in [-0.05, 0) is 6.92 Å². The molecule has 106 valence electrons. The van der Waals surface area contributed by atoms with Gasteiger partial charge in [-0.1, -0.05) is 0 Å². The van der Waals surface area contributed by atoms with Crippen molar-refractivity contribution in [3.05, 3.63) is 18.7 Å². The maximum Gasteiger partial charge on any atom is 0.460 e. The minimum Gasteiger partial charge on any atom is -0.265 e. The van der Waals surface area contributed by atoms with Gasteiger partial charge in [-0.2, -0.15) is 26.3 Å². The Bertz CT molecular complexity index is 378. The summed E-state index contributed by atoms with van der Waals surface area (Å²) in [6.07, 6.45) is 6.14. The SMILES string of the molecule is CCn1cc[n+](C)c1.N=S(C(F)(F)F)C(F)(F)F. The van der Waals surface area contributed by atoms with Gasteiger partial charge in [0.1, 0.15) is 23.1 Å². The van der Waals surface area contributed by atoms with Crippen LogP contribution in [-0.2, 0) is 24.3 Å². The standard InChI is InChI=1S/C6H11N2.C2HF6NS/c1-3-8-5-4-7(2)6-8;3-1(4,5)10(9)2(6,7)8/h4-6H,3H2,1-2H3;9H/q+1;. The van der Waals surface area contributed by atoms with E-state index < -0.39 is 21.7 Å². The Hall–Kier alpha value is -1.06. The highest BCUT2D eigenvalue weighted by Crippen LogP contribution is 2.33. The fraction of sp³-hybridized carbons (Fsp3) is 0.625. The van der Waals surface area contributed by atoms with Crippen molar-refractivity contribution < 1.29 is 30.9 Å². The lowest BCUT2D eigenvalue weighted by atomic mass is 10.7. The van der Waals surface area contributed by atoms with Crippen molar-refractivity contribution in [1.29, 1.82) is 4.78 Å². The van der Waals surface area contributed by atoms with Crippen molar-refractivity contribution in [2.75, 3.05) is 0 Å². The van der Waals surface area contributed by atoms with Gasteiger partial charge in [0.2, 0.25) is 6.33 Å². The van der Waals surface area contributed by atoms with E-state index in [1.165, 1.54) is 0 Å². The minimum atomic E-state index is -5.49. The molecule has 0 amide bonds. The number of rotatable bonds is 1. The Balaban J connectivity index is 0.000000327. The van der Waals surface area contributed by atoms with Crippen LogP contribution in [0.2, 0.25) is 0 Å². The van der Waals surface area contributed by atoms with Crippen LogP contribution in [0.5, 0.6) is 0 Å². The zero-order valence-corrected chi connectivity index (χ0v) is 10.3. The van der Waals surface area contributed by atoms with Crippen LogP contribution in [0, 0.1) is 4.78 Å². The summed E-state index contributed by atoms with van der Waals surface area (Å²) >= 11 is 0. The molecule has 0 spiro atoms. The average Bonchev–Trinajstić information content (AvgIpc) is 2.61. The van der Waals surface area contributed by atoms with Crippen molar-refractivity contribution in [1.82, 2.24) is 4.57 Å². The molecule has 1 N–H and O–H groups in total. The van der Waals surface area contributed by atoms with Gasteiger partial charge in [0.15, 0.2) is 0 Å². The van der Waals surface area contributed by atoms with E-state index in [2.05, 4.69) is 24.0 Å².